The lowest BCUT2D eigenvalue weighted by atomic mass is 9.85. The summed E-state index contributed by atoms with van der Waals surface area (Å²) in [5, 5.41) is 0. The molecule has 2 aromatic carbocycles. The van der Waals surface area contributed by atoms with Crippen LogP contribution in [0.5, 0.6) is 11.5 Å². The Balaban J connectivity index is 1.73. The molecule has 1 heterocycles. The molecule has 1 unspecified atom stereocenters. The first-order valence-electron chi connectivity index (χ1n) is 9.56. The zero-order valence-corrected chi connectivity index (χ0v) is 16.5. The summed E-state index contributed by atoms with van der Waals surface area (Å²) in [6, 6.07) is 17.0. The molecule has 0 radical (unpaired) electrons. The number of hydrogen-bond acceptors (Lipinski definition) is 3. The molecule has 140 valence electrons. The maximum absolute atomic E-state index is 5.60. The van der Waals surface area contributed by atoms with Gasteiger partial charge in [-0.1, -0.05) is 36.4 Å². The van der Waals surface area contributed by atoms with E-state index in [0.717, 1.165) is 31.0 Å². The molecule has 1 atom stereocenters. The SMILES string of the molecule is COc1ccc(CC2CCCN(C(C)(C)c3ccccc3)C2)c(OC)c1. The number of benzene rings is 2. The Morgan fingerprint density at radius 2 is 1.81 bits per heavy atom. The number of likely N-dealkylation sites (tertiary alicyclic amines) is 1. The number of ether oxygens (including phenoxy) is 2. The molecule has 3 rings (SSSR count). The van der Waals surface area contributed by atoms with Crippen molar-refractivity contribution in [3.63, 3.8) is 0 Å². The standard InChI is InChI=1S/C23H31NO2/c1-23(2,20-10-6-5-7-11-20)24-14-8-9-18(17-24)15-19-12-13-21(25-3)16-22(19)26-4/h5-7,10-13,16,18H,8-9,14-15,17H2,1-4H3. The van der Waals surface area contributed by atoms with E-state index in [-0.39, 0.29) is 5.54 Å². The van der Waals surface area contributed by atoms with Crippen LogP contribution < -0.4 is 9.47 Å². The number of hydrogen-bond donors (Lipinski definition) is 0. The maximum atomic E-state index is 5.60. The van der Waals surface area contributed by atoms with Crippen molar-refractivity contribution >= 4 is 0 Å². The molecule has 0 aliphatic carbocycles. The quantitative estimate of drug-likeness (QED) is 0.738. The van der Waals surface area contributed by atoms with Crippen LogP contribution in [0.25, 0.3) is 0 Å². The third kappa shape index (κ3) is 4.04. The summed E-state index contributed by atoms with van der Waals surface area (Å²) in [4.78, 5) is 2.65. The van der Waals surface area contributed by atoms with Crippen LogP contribution in [0.1, 0.15) is 37.8 Å². The van der Waals surface area contributed by atoms with E-state index in [1.807, 2.05) is 12.1 Å². The van der Waals surface area contributed by atoms with Crippen molar-refractivity contribution in [2.45, 2.75) is 38.6 Å². The second-order valence-corrected chi connectivity index (χ2v) is 7.76. The Hall–Kier alpha value is -2.00. The highest BCUT2D eigenvalue weighted by atomic mass is 16.5. The Bertz CT molecular complexity index is 711. The van der Waals surface area contributed by atoms with E-state index >= 15 is 0 Å². The summed E-state index contributed by atoms with van der Waals surface area (Å²) in [5.74, 6) is 2.43. The zero-order valence-electron chi connectivity index (χ0n) is 16.5. The van der Waals surface area contributed by atoms with Gasteiger partial charge in [0.05, 0.1) is 14.2 Å². The topological polar surface area (TPSA) is 21.7 Å². The Kier molecular flexibility index (Phi) is 5.87. The molecular weight excluding hydrogens is 322 g/mol. The predicted octanol–water partition coefficient (Wildman–Crippen LogP) is 4.89. The van der Waals surface area contributed by atoms with Gasteiger partial charge in [-0.05, 0) is 62.8 Å². The number of piperidine rings is 1. The van der Waals surface area contributed by atoms with Crippen LogP contribution in [0.15, 0.2) is 48.5 Å². The van der Waals surface area contributed by atoms with Crippen LogP contribution in [-0.2, 0) is 12.0 Å². The van der Waals surface area contributed by atoms with E-state index in [0.29, 0.717) is 5.92 Å². The fraction of sp³-hybridized carbons (Fsp3) is 0.478. The van der Waals surface area contributed by atoms with E-state index in [4.69, 9.17) is 9.47 Å². The fourth-order valence-corrected chi connectivity index (χ4v) is 4.10. The molecule has 0 aromatic heterocycles. The van der Waals surface area contributed by atoms with Crippen LogP contribution in [-0.4, -0.2) is 32.2 Å². The first-order valence-corrected chi connectivity index (χ1v) is 9.56. The van der Waals surface area contributed by atoms with Gasteiger partial charge in [-0.3, -0.25) is 4.90 Å². The van der Waals surface area contributed by atoms with E-state index < -0.39 is 0 Å². The number of rotatable bonds is 6. The van der Waals surface area contributed by atoms with Crippen molar-refractivity contribution < 1.29 is 9.47 Å². The van der Waals surface area contributed by atoms with Gasteiger partial charge in [0.25, 0.3) is 0 Å². The summed E-state index contributed by atoms with van der Waals surface area (Å²) in [6.07, 6.45) is 3.57. The zero-order chi connectivity index (χ0) is 18.6. The van der Waals surface area contributed by atoms with Crippen LogP contribution in [0.3, 0.4) is 0 Å². The molecule has 0 amide bonds. The van der Waals surface area contributed by atoms with Crippen molar-refractivity contribution in [2.24, 2.45) is 5.92 Å². The van der Waals surface area contributed by atoms with E-state index in [2.05, 4.69) is 55.1 Å². The summed E-state index contributed by atoms with van der Waals surface area (Å²) in [6.45, 7) is 6.98. The second kappa shape index (κ2) is 8.13. The summed E-state index contributed by atoms with van der Waals surface area (Å²) in [7, 11) is 3.43. The first kappa shape index (κ1) is 18.8. The summed E-state index contributed by atoms with van der Waals surface area (Å²) < 4.78 is 10.9. The fourth-order valence-electron chi connectivity index (χ4n) is 4.10. The second-order valence-electron chi connectivity index (χ2n) is 7.76. The van der Waals surface area contributed by atoms with Gasteiger partial charge in [-0.25, -0.2) is 0 Å². The largest absolute Gasteiger partial charge is 0.497 e. The lowest BCUT2D eigenvalue weighted by Crippen LogP contribution is -2.47. The molecule has 0 spiro atoms. The minimum Gasteiger partial charge on any atom is -0.497 e. The third-order valence-corrected chi connectivity index (χ3v) is 5.79. The molecular formula is C23H31NO2. The van der Waals surface area contributed by atoms with Crippen LogP contribution in [0.4, 0.5) is 0 Å². The Morgan fingerprint density at radius 1 is 1.04 bits per heavy atom. The molecule has 0 saturated carbocycles. The van der Waals surface area contributed by atoms with Crippen molar-refractivity contribution in [1.82, 2.24) is 4.90 Å². The van der Waals surface area contributed by atoms with Crippen molar-refractivity contribution in [2.75, 3.05) is 27.3 Å². The van der Waals surface area contributed by atoms with E-state index in [1.165, 1.54) is 24.0 Å². The van der Waals surface area contributed by atoms with E-state index in [1.54, 1.807) is 14.2 Å². The molecule has 0 bridgehead atoms. The van der Waals surface area contributed by atoms with Gasteiger partial charge in [0.1, 0.15) is 11.5 Å². The lowest BCUT2D eigenvalue weighted by Gasteiger charge is -2.44. The van der Waals surface area contributed by atoms with Crippen LogP contribution in [0, 0.1) is 5.92 Å². The van der Waals surface area contributed by atoms with Gasteiger partial charge in [0.2, 0.25) is 0 Å². The molecule has 1 aliphatic rings. The Labute approximate surface area is 157 Å². The number of methoxy groups -OCH3 is 2. The van der Waals surface area contributed by atoms with E-state index in [9.17, 15) is 0 Å². The highest BCUT2D eigenvalue weighted by Crippen LogP contribution is 2.34. The maximum Gasteiger partial charge on any atom is 0.125 e. The minimum atomic E-state index is 0.0594. The number of nitrogens with zero attached hydrogens (tertiary/aromatic N) is 1. The smallest absolute Gasteiger partial charge is 0.125 e. The van der Waals surface area contributed by atoms with Crippen molar-refractivity contribution in [1.29, 1.82) is 0 Å². The van der Waals surface area contributed by atoms with Gasteiger partial charge in [-0.2, -0.15) is 0 Å². The van der Waals surface area contributed by atoms with Crippen molar-refractivity contribution in [3.05, 3.63) is 59.7 Å². The lowest BCUT2D eigenvalue weighted by molar-refractivity contribution is 0.0647. The average Bonchev–Trinajstić information content (AvgIpc) is 2.69. The molecule has 26 heavy (non-hydrogen) atoms. The molecule has 1 aliphatic heterocycles. The minimum absolute atomic E-state index is 0.0594. The molecule has 2 aromatic rings. The van der Waals surface area contributed by atoms with Crippen LogP contribution >= 0.6 is 0 Å². The first-order chi connectivity index (χ1) is 12.5. The van der Waals surface area contributed by atoms with Crippen LogP contribution in [0.2, 0.25) is 0 Å². The predicted molar refractivity (Wildman–Crippen MR) is 107 cm³/mol. The average molecular weight is 354 g/mol. The van der Waals surface area contributed by atoms with Gasteiger partial charge in [0.15, 0.2) is 0 Å². The van der Waals surface area contributed by atoms with Gasteiger partial charge < -0.3 is 9.47 Å². The molecule has 1 saturated heterocycles. The van der Waals surface area contributed by atoms with Crippen molar-refractivity contribution in [3.8, 4) is 11.5 Å². The monoisotopic (exact) mass is 353 g/mol. The molecule has 0 N–H and O–H groups in total. The van der Waals surface area contributed by atoms with Gasteiger partial charge in [0, 0.05) is 18.2 Å². The van der Waals surface area contributed by atoms with Gasteiger partial charge in [-0.15, -0.1) is 0 Å². The normalized spacial score (nSPS) is 18.5. The summed E-state index contributed by atoms with van der Waals surface area (Å²) >= 11 is 0. The van der Waals surface area contributed by atoms with Gasteiger partial charge >= 0.3 is 0 Å². The molecule has 3 heteroatoms. The Morgan fingerprint density at radius 3 is 2.50 bits per heavy atom. The molecule has 3 nitrogen and oxygen atoms in total. The highest BCUT2D eigenvalue weighted by molar-refractivity contribution is 5.41. The molecule has 1 fully saturated rings. The summed E-state index contributed by atoms with van der Waals surface area (Å²) in [5.41, 5.74) is 2.73. The third-order valence-electron chi connectivity index (χ3n) is 5.79. The highest BCUT2D eigenvalue weighted by Gasteiger charge is 2.32.